The van der Waals surface area contributed by atoms with Gasteiger partial charge < -0.3 is 19.8 Å². The molecule has 59 heavy (non-hydrogen) atoms. The van der Waals surface area contributed by atoms with Crippen molar-refractivity contribution < 1.29 is 19.4 Å². The molecule has 288 valence electrons. The zero-order chi connectivity index (χ0) is 40.6. The smallest absolute Gasteiger partial charge is 0.311 e. The van der Waals surface area contributed by atoms with Crippen LogP contribution in [0.4, 0.5) is 0 Å². The minimum atomic E-state index is -1.06. The SMILES string of the molecule is Cc1ccc(-c2c3nc(c(-c4ccc(C)cc4)c4ccc([nH]4)c(-c4cccc(OC(=O)CCC(=O)O)c4)c4nc(c(-c5ccc(C)cc5)c5ccc2[nH]5)C=C4)C=C3)cc1. The largest absolute Gasteiger partial charge is 0.481 e. The van der Waals surface area contributed by atoms with Crippen LogP contribution >= 0.6 is 0 Å². The van der Waals surface area contributed by atoms with E-state index in [-0.39, 0.29) is 12.8 Å². The van der Waals surface area contributed by atoms with Crippen molar-refractivity contribution in [3.05, 3.63) is 161 Å². The summed E-state index contributed by atoms with van der Waals surface area (Å²) >= 11 is 0. The van der Waals surface area contributed by atoms with Gasteiger partial charge in [-0.15, -0.1) is 0 Å². The maximum atomic E-state index is 12.6. The lowest BCUT2D eigenvalue weighted by atomic mass is 10.0. The van der Waals surface area contributed by atoms with Crippen LogP contribution in [0.25, 0.3) is 90.9 Å². The number of rotatable bonds is 8. The number of aryl methyl sites for hydroxylation is 3. The first-order valence-corrected chi connectivity index (χ1v) is 19.6. The quantitative estimate of drug-likeness (QED) is 0.104. The molecule has 0 atom stereocenters. The average molecular weight is 773 g/mol. The fourth-order valence-corrected chi connectivity index (χ4v) is 7.69. The number of hydrogen-bond donors (Lipinski definition) is 3. The van der Waals surface area contributed by atoms with E-state index in [1.807, 2.05) is 30.4 Å². The van der Waals surface area contributed by atoms with Gasteiger partial charge in [0.05, 0.1) is 35.6 Å². The van der Waals surface area contributed by atoms with E-state index in [1.54, 1.807) is 12.1 Å². The number of aliphatic carboxylic acids is 1. The van der Waals surface area contributed by atoms with Crippen molar-refractivity contribution in [3.8, 4) is 50.3 Å². The number of benzene rings is 4. The van der Waals surface area contributed by atoms with Gasteiger partial charge in [-0.2, -0.15) is 0 Å². The molecule has 9 rings (SSSR count). The van der Waals surface area contributed by atoms with E-state index in [0.29, 0.717) is 11.4 Å². The van der Waals surface area contributed by atoms with E-state index in [0.717, 1.165) is 94.8 Å². The molecule has 2 aliphatic rings. The van der Waals surface area contributed by atoms with Crippen LogP contribution in [-0.4, -0.2) is 37.0 Å². The highest BCUT2D eigenvalue weighted by Crippen LogP contribution is 2.39. The number of carboxylic acids is 1. The van der Waals surface area contributed by atoms with Crippen molar-refractivity contribution in [1.29, 1.82) is 0 Å². The predicted molar refractivity (Wildman–Crippen MR) is 237 cm³/mol. The molecule has 0 saturated heterocycles. The fourth-order valence-electron chi connectivity index (χ4n) is 7.69. The lowest BCUT2D eigenvalue weighted by Crippen LogP contribution is -2.10. The van der Waals surface area contributed by atoms with Crippen LogP contribution in [0.1, 0.15) is 52.3 Å². The number of H-pyrrole nitrogens is 2. The summed E-state index contributed by atoms with van der Waals surface area (Å²) in [4.78, 5) is 42.1. The molecule has 3 aromatic heterocycles. The van der Waals surface area contributed by atoms with Gasteiger partial charge in [0.25, 0.3) is 0 Å². The second kappa shape index (κ2) is 15.4. The predicted octanol–water partition coefficient (Wildman–Crippen LogP) is 12.0. The third-order valence-electron chi connectivity index (χ3n) is 10.7. The van der Waals surface area contributed by atoms with Crippen molar-refractivity contribution in [1.82, 2.24) is 19.9 Å². The van der Waals surface area contributed by atoms with Gasteiger partial charge >= 0.3 is 11.9 Å². The van der Waals surface area contributed by atoms with Crippen LogP contribution in [0, 0.1) is 20.8 Å². The molecule has 0 radical (unpaired) electrons. The highest BCUT2D eigenvalue weighted by molar-refractivity contribution is 6.00. The average Bonchev–Trinajstić information content (AvgIpc) is 4.07. The number of carboxylic acid groups (broad SMARTS) is 1. The minimum Gasteiger partial charge on any atom is -0.481 e. The number of nitrogens with one attached hydrogen (secondary N) is 2. The monoisotopic (exact) mass is 772 g/mol. The zero-order valence-corrected chi connectivity index (χ0v) is 32.8. The number of esters is 1. The van der Waals surface area contributed by atoms with Crippen LogP contribution in [0.2, 0.25) is 0 Å². The molecule has 3 N–H and O–H groups in total. The van der Waals surface area contributed by atoms with E-state index in [9.17, 15) is 9.59 Å². The summed E-state index contributed by atoms with van der Waals surface area (Å²) in [6.07, 6.45) is 7.70. The number of aromatic nitrogens is 4. The molecule has 8 nitrogen and oxygen atoms in total. The molecule has 8 heteroatoms. The second-order valence-electron chi connectivity index (χ2n) is 15.0. The van der Waals surface area contributed by atoms with Crippen LogP contribution in [0.3, 0.4) is 0 Å². The van der Waals surface area contributed by atoms with Gasteiger partial charge in [-0.3, -0.25) is 9.59 Å². The first-order chi connectivity index (χ1) is 28.7. The van der Waals surface area contributed by atoms with Gasteiger partial charge in [0.1, 0.15) is 5.75 Å². The summed E-state index contributed by atoms with van der Waals surface area (Å²) in [5, 5.41) is 9.12. The summed E-state index contributed by atoms with van der Waals surface area (Å²) in [7, 11) is 0. The maximum absolute atomic E-state index is 12.6. The zero-order valence-electron chi connectivity index (χ0n) is 32.8. The van der Waals surface area contributed by atoms with E-state index in [1.165, 1.54) is 5.56 Å². The summed E-state index contributed by atoms with van der Waals surface area (Å²) in [6, 6.07) is 41.1. The Bertz CT molecular complexity index is 2980. The third kappa shape index (κ3) is 7.51. The van der Waals surface area contributed by atoms with E-state index in [4.69, 9.17) is 19.8 Å². The normalized spacial score (nSPS) is 11.8. The molecule has 0 unspecified atom stereocenters. The summed E-state index contributed by atoms with van der Waals surface area (Å²) in [5.74, 6) is -1.37. The molecule has 0 fully saturated rings. The van der Waals surface area contributed by atoms with Crippen molar-refractivity contribution in [2.24, 2.45) is 0 Å². The Morgan fingerprint density at radius 2 is 0.864 bits per heavy atom. The number of ether oxygens (including phenoxy) is 1. The second-order valence-corrected chi connectivity index (χ2v) is 15.0. The Morgan fingerprint density at radius 3 is 1.24 bits per heavy atom. The van der Waals surface area contributed by atoms with Gasteiger partial charge in [-0.05, 0) is 104 Å². The molecule has 7 aromatic rings. The van der Waals surface area contributed by atoms with Gasteiger partial charge in [0, 0.05) is 44.3 Å². The number of carbonyl (C=O) groups is 2. The van der Waals surface area contributed by atoms with Crippen LogP contribution in [0.5, 0.6) is 5.75 Å². The first-order valence-electron chi connectivity index (χ1n) is 19.6. The fraction of sp³-hybridized carbons (Fsp3) is 0.0980. The van der Waals surface area contributed by atoms with Crippen molar-refractivity contribution in [2.45, 2.75) is 33.6 Å². The number of carbonyl (C=O) groups excluding carboxylic acids is 1. The Balaban J connectivity index is 1.39. The molecular formula is C51H40N4O4. The number of aromatic amines is 2. The highest BCUT2D eigenvalue weighted by Gasteiger charge is 2.20. The molecule has 5 heterocycles. The van der Waals surface area contributed by atoms with E-state index >= 15 is 0 Å². The highest BCUT2D eigenvalue weighted by atomic mass is 16.5. The van der Waals surface area contributed by atoms with Gasteiger partial charge in [-0.1, -0.05) is 102 Å². The van der Waals surface area contributed by atoms with Gasteiger partial charge in [0.15, 0.2) is 0 Å². The molecule has 2 aliphatic heterocycles. The third-order valence-corrected chi connectivity index (χ3v) is 10.7. The molecule has 4 aromatic carbocycles. The van der Waals surface area contributed by atoms with Crippen molar-refractivity contribution >= 4 is 58.3 Å². The lowest BCUT2D eigenvalue weighted by molar-refractivity contribution is -0.142. The Morgan fingerprint density at radius 1 is 0.492 bits per heavy atom. The molecule has 0 aliphatic carbocycles. The topological polar surface area (TPSA) is 121 Å². The summed E-state index contributed by atoms with van der Waals surface area (Å²) in [6.45, 7) is 6.25. The number of fused-ring (bicyclic) bond motifs is 8. The van der Waals surface area contributed by atoms with E-state index < -0.39 is 11.9 Å². The van der Waals surface area contributed by atoms with E-state index in [2.05, 4.69) is 134 Å². The minimum absolute atomic E-state index is 0.235. The molecule has 0 amide bonds. The molecular weight excluding hydrogens is 733 g/mol. The lowest BCUT2D eigenvalue weighted by Gasteiger charge is -2.09. The molecule has 8 bridgehead atoms. The maximum Gasteiger partial charge on any atom is 0.311 e. The van der Waals surface area contributed by atoms with Crippen LogP contribution in [0.15, 0.2) is 121 Å². The summed E-state index contributed by atoms with van der Waals surface area (Å²) in [5.41, 5.74) is 17.6. The van der Waals surface area contributed by atoms with Gasteiger partial charge in [0.2, 0.25) is 0 Å². The Labute approximate surface area is 341 Å². The standard InChI is InChI=1S/C51H40N4O4/c1-30-7-13-33(14-8-30)48-38-19-21-40(52-38)49(34-15-9-31(2)10-16-34)42-23-25-44(54-42)51(36-5-4-6-37(29-36)59-47(58)28-27-46(56)57)45-26-24-43(55-45)50(41-22-20-39(48)53-41)35-17-11-32(3)12-18-35/h4-26,29,52,55H,27-28H2,1-3H3,(H,56,57). The molecule has 0 saturated carbocycles. The number of nitrogens with zero attached hydrogens (tertiary/aromatic N) is 2. The first kappa shape index (κ1) is 37.0. The Kier molecular flexibility index (Phi) is 9.66. The van der Waals surface area contributed by atoms with Crippen LogP contribution in [-0.2, 0) is 9.59 Å². The van der Waals surface area contributed by atoms with Crippen molar-refractivity contribution in [3.63, 3.8) is 0 Å². The summed E-state index contributed by atoms with van der Waals surface area (Å²) < 4.78 is 5.64. The number of hydrogen-bond acceptors (Lipinski definition) is 5. The molecule has 0 spiro atoms. The Hall–Kier alpha value is -7.58. The van der Waals surface area contributed by atoms with Crippen molar-refractivity contribution in [2.75, 3.05) is 0 Å². The van der Waals surface area contributed by atoms with Gasteiger partial charge in [-0.25, -0.2) is 9.97 Å². The van der Waals surface area contributed by atoms with Crippen LogP contribution < -0.4 is 4.74 Å².